The van der Waals surface area contributed by atoms with E-state index in [1.54, 1.807) is 55.9 Å². The molecule has 0 spiro atoms. The number of carbonyl (C=O) groups is 5. The fraction of sp³-hybridized carbons (Fsp3) is 0.537. The second kappa shape index (κ2) is 18.9. The molecular formula is C41H54N16O6. The summed E-state index contributed by atoms with van der Waals surface area (Å²) < 4.78 is 8.40. The van der Waals surface area contributed by atoms with Gasteiger partial charge in [-0.25, -0.2) is 50.2 Å². The van der Waals surface area contributed by atoms with E-state index in [0.29, 0.717) is 41.1 Å². The molecule has 2 saturated heterocycles. The SMILES string of the molecule is CNNC(=O)n1ccc2c(N(C)[C@H]3CN(C(=O)CC#N)CC(CN(NC(=O)n4ccc5c(N(C)[C@H]6CN(C(=O)CC#N)CC[C@H]6C)ncnc54)C(=O)OC(C)(C)C)[C@H]3C)ncnc21. The van der Waals surface area contributed by atoms with Crippen molar-refractivity contribution < 1.29 is 28.7 Å². The highest BCUT2D eigenvalue weighted by molar-refractivity contribution is 5.96. The highest BCUT2D eigenvalue weighted by Crippen LogP contribution is 2.34. The van der Waals surface area contributed by atoms with Crippen LogP contribution in [0, 0.1) is 40.4 Å². The lowest BCUT2D eigenvalue weighted by Crippen LogP contribution is -2.60. The van der Waals surface area contributed by atoms with Crippen LogP contribution in [0.2, 0.25) is 0 Å². The molecule has 1 unspecified atom stereocenters. The van der Waals surface area contributed by atoms with Crippen molar-refractivity contribution in [3.63, 3.8) is 0 Å². The quantitative estimate of drug-likeness (QED) is 0.205. The van der Waals surface area contributed by atoms with Crippen LogP contribution in [0.1, 0.15) is 53.9 Å². The van der Waals surface area contributed by atoms with Gasteiger partial charge in [0.15, 0.2) is 11.3 Å². The number of carbonyl (C=O) groups excluding carboxylic acids is 5. The predicted molar refractivity (Wildman–Crippen MR) is 229 cm³/mol. The van der Waals surface area contributed by atoms with Crippen LogP contribution in [0.25, 0.3) is 22.1 Å². The number of ether oxygens (including phenoxy) is 1. The number of likely N-dealkylation sites (N-methyl/N-ethyl adjacent to an activating group) is 2. The van der Waals surface area contributed by atoms with Crippen LogP contribution in [0.5, 0.6) is 0 Å². The molecule has 0 aliphatic carbocycles. The van der Waals surface area contributed by atoms with Crippen molar-refractivity contribution in [2.75, 3.05) is 63.7 Å². The number of nitrogens with zero attached hydrogens (tertiary/aromatic N) is 13. The molecule has 0 aromatic carbocycles. The number of likely N-dealkylation sites (tertiary alicyclic amines) is 2. The van der Waals surface area contributed by atoms with Gasteiger partial charge in [-0.1, -0.05) is 13.8 Å². The molecule has 0 radical (unpaired) electrons. The van der Waals surface area contributed by atoms with Crippen LogP contribution in [0.4, 0.5) is 26.0 Å². The first-order chi connectivity index (χ1) is 30.0. The lowest BCUT2D eigenvalue weighted by molar-refractivity contribution is -0.133. The summed E-state index contributed by atoms with van der Waals surface area (Å²) in [6, 6.07) is 5.59. The third kappa shape index (κ3) is 9.70. The summed E-state index contributed by atoms with van der Waals surface area (Å²) >= 11 is 0. The van der Waals surface area contributed by atoms with Crippen LogP contribution >= 0.6 is 0 Å². The Balaban J connectivity index is 1.29. The third-order valence-corrected chi connectivity index (χ3v) is 11.8. The zero-order chi connectivity index (χ0) is 45.7. The van der Waals surface area contributed by atoms with Gasteiger partial charge in [-0.3, -0.25) is 24.1 Å². The molecule has 6 heterocycles. The van der Waals surface area contributed by atoms with Gasteiger partial charge in [0.2, 0.25) is 11.8 Å². The number of hydrogen-bond donors (Lipinski definition) is 3. The highest BCUT2D eigenvalue weighted by atomic mass is 16.6. The molecule has 6 rings (SSSR count). The van der Waals surface area contributed by atoms with E-state index in [2.05, 4.69) is 43.1 Å². The minimum atomic E-state index is -0.938. The van der Waals surface area contributed by atoms with E-state index in [1.165, 1.54) is 28.0 Å². The molecule has 4 aromatic heterocycles. The van der Waals surface area contributed by atoms with Gasteiger partial charge >= 0.3 is 18.2 Å². The Morgan fingerprint density at radius 2 is 1.35 bits per heavy atom. The number of nitrogens with one attached hydrogen (secondary N) is 3. The van der Waals surface area contributed by atoms with Crippen molar-refractivity contribution in [2.45, 2.75) is 71.6 Å². The van der Waals surface area contributed by atoms with Gasteiger partial charge in [0.05, 0.1) is 41.5 Å². The Bertz CT molecular complexity index is 2450. The van der Waals surface area contributed by atoms with E-state index in [4.69, 9.17) is 10.00 Å². The smallest absolute Gasteiger partial charge is 0.429 e. The number of hydrazine groups is 2. The number of anilines is 2. The second-order valence-corrected chi connectivity index (χ2v) is 17.0. The molecule has 4 aromatic rings. The summed E-state index contributed by atoms with van der Waals surface area (Å²) in [5.41, 5.74) is 7.57. The summed E-state index contributed by atoms with van der Waals surface area (Å²) in [6.07, 6.45) is 5.15. The van der Waals surface area contributed by atoms with Crippen molar-refractivity contribution >= 4 is 63.7 Å². The first-order valence-electron chi connectivity index (χ1n) is 20.7. The van der Waals surface area contributed by atoms with E-state index in [-0.39, 0.29) is 61.9 Å². The van der Waals surface area contributed by atoms with Crippen LogP contribution in [-0.4, -0.2) is 145 Å². The number of rotatable bonds is 9. The topological polar surface area (TPSA) is 256 Å². The van der Waals surface area contributed by atoms with Gasteiger partial charge in [-0.2, -0.15) is 10.5 Å². The van der Waals surface area contributed by atoms with Gasteiger partial charge < -0.3 is 24.3 Å². The second-order valence-electron chi connectivity index (χ2n) is 17.0. The summed E-state index contributed by atoms with van der Waals surface area (Å²) in [7, 11) is 5.26. The summed E-state index contributed by atoms with van der Waals surface area (Å²) in [5.74, 6) is -0.129. The fourth-order valence-electron chi connectivity index (χ4n) is 8.41. The van der Waals surface area contributed by atoms with Gasteiger partial charge in [0.25, 0.3) is 0 Å². The molecule has 0 bridgehead atoms. The molecule has 2 aliphatic rings. The summed E-state index contributed by atoms with van der Waals surface area (Å²) in [6.45, 7) is 10.5. The summed E-state index contributed by atoms with van der Waals surface area (Å²) in [5, 5.41) is 20.8. The highest BCUT2D eigenvalue weighted by Gasteiger charge is 2.41. The van der Waals surface area contributed by atoms with E-state index in [9.17, 15) is 29.2 Å². The minimum absolute atomic E-state index is 0.0923. The molecule has 3 N–H and O–H groups in total. The van der Waals surface area contributed by atoms with Crippen LogP contribution in [0.3, 0.4) is 0 Å². The van der Waals surface area contributed by atoms with Crippen molar-refractivity contribution in [2.24, 2.45) is 17.8 Å². The van der Waals surface area contributed by atoms with Crippen molar-refractivity contribution in [1.82, 2.24) is 60.2 Å². The van der Waals surface area contributed by atoms with E-state index < -0.39 is 41.6 Å². The van der Waals surface area contributed by atoms with Gasteiger partial charge in [-0.15, -0.1) is 0 Å². The number of hydrogen-bond acceptors (Lipinski definition) is 15. The molecule has 22 nitrogen and oxygen atoms in total. The van der Waals surface area contributed by atoms with E-state index >= 15 is 0 Å². The lowest BCUT2D eigenvalue weighted by atomic mass is 9.82. The Morgan fingerprint density at radius 3 is 1.90 bits per heavy atom. The monoisotopic (exact) mass is 866 g/mol. The van der Waals surface area contributed by atoms with Crippen molar-refractivity contribution in [1.29, 1.82) is 10.5 Å². The number of amides is 5. The molecule has 5 amide bonds. The molecular weight excluding hydrogens is 813 g/mol. The van der Waals surface area contributed by atoms with Crippen molar-refractivity contribution in [3.8, 4) is 12.1 Å². The largest absolute Gasteiger partial charge is 0.442 e. The first-order valence-corrected chi connectivity index (χ1v) is 20.7. The van der Waals surface area contributed by atoms with E-state index in [1.807, 2.05) is 43.0 Å². The maximum absolute atomic E-state index is 14.3. The van der Waals surface area contributed by atoms with Crippen LogP contribution in [-0.2, 0) is 14.3 Å². The average Bonchev–Trinajstić information content (AvgIpc) is 3.89. The lowest BCUT2D eigenvalue weighted by Gasteiger charge is -2.47. The molecule has 63 heavy (non-hydrogen) atoms. The number of aromatic nitrogens is 6. The van der Waals surface area contributed by atoms with Crippen molar-refractivity contribution in [3.05, 3.63) is 37.2 Å². The fourth-order valence-corrected chi connectivity index (χ4v) is 8.41. The number of nitriles is 2. The number of piperidine rings is 2. The molecule has 0 saturated carbocycles. The maximum atomic E-state index is 14.3. The Hall–Kier alpha value is -7.07. The van der Waals surface area contributed by atoms with Crippen LogP contribution in [0.15, 0.2) is 37.2 Å². The Labute approximate surface area is 364 Å². The third-order valence-electron chi connectivity index (χ3n) is 11.8. The maximum Gasteiger partial charge on any atom is 0.429 e. The predicted octanol–water partition coefficient (Wildman–Crippen LogP) is 2.68. The summed E-state index contributed by atoms with van der Waals surface area (Å²) in [4.78, 5) is 92.1. The molecule has 2 aliphatic heterocycles. The first kappa shape index (κ1) is 45.5. The molecule has 2 fully saturated rings. The van der Waals surface area contributed by atoms with Gasteiger partial charge in [0, 0.05) is 65.6 Å². The Kier molecular flexibility index (Phi) is 13.6. The molecule has 22 heteroatoms. The molecule has 334 valence electrons. The van der Waals surface area contributed by atoms with Gasteiger partial charge in [-0.05, 0) is 51.2 Å². The normalized spacial score (nSPS) is 20.1. The Morgan fingerprint density at radius 1 is 0.810 bits per heavy atom. The minimum Gasteiger partial charge on any atom is -0.442 e. The van der Waals surface area contributed by atoms with E-state index in [0.717, 1.165) is 11.4 Å². The molecule has 5 atom stereocenters. The average molecular weight is 867 g/mol. The zero-order valence-electron chi connectivity index (χ0n) is 36.8. The van der Waals surface area contributed by atoms with Gasteiger partial charge in [0.1, 0.15) is 42.7 Å². The zero-order valence-corrected chi connectivity index (χ0v) is 36.8. The number of fused-ring (bicyclic) bond motifs is 2. The standard InChI is InChI=1S/C41H54N16O6/c1-25-11-16-53(32(58)9-14-42)21-30(25)51(7)34-28-13-18-56(37(28)48-23-45-34)39(61)50-57(40(62)63-41(3,4)5)20-27-19-54(33(59)10-15-43)22-31(26(27)2)52(8)35-29-12-17-55(38(60)49-44-6)36(29)47-24-46-35/h12-13,17-18,23-27,30-31,44H,9-11,16,19-22H2,1-8H3,(H,49,60)(H,50,61)/t25-,26-,27?,30+,31+/m1/s1. The van der Waals surface area contributed by atoms with Crippen LogP contribution < -0.4 is 26.1 Å².